The molecule has 140 valence electrons. The Morgan fingerprint density at radius 2 is 2.12 bits per heavy atom. The van der Waals surface area contributed by atoms with Crippen LogP contribution in [0.4, 0.5) is 18.9 Å². The van der Waals surface area contributed by atoms with Crippen LogP contribution >= 0.6 is 0 Å². The van der Waals surface area contributed by atoms with E-state index in [1.807, 2.05) is 0 Å². The number of ether oxygens (including phenoxy) is 1. The summed E-state index contributed by atoms with van der Waals surface area (Å²) in [6.07, 6.45) is -1.81. The van der Waals surface area contributed by atoms with Gasteiger partial charge in [0, 0.05) is 11.3 Å². The second kappa shape index (κ2) is 7.82. The Morgan fingerprint density at radius 1 is 1.38 bits per heavy atom. The molecule has 0 fully saturated rings. The highest BCUT2D eigenvalue weighted by Gasteiger charge is 2.46. The Labute approximate surface area is 144 Å². The molecule has 2 aromatic rings. The van der Waals surface area contributed by atoms with E-state index in [1.165, 1.54) is 6.07 Å². The monoisotopic (exact) mass is 372 g/mol. The average Bonchev–Trinajstić information content (AvgIpc) is 3.12. The summed E-state index contributed by atoms with van der Waals surface area (Å²) in [5.74, 6) is -1.98. The van der Waals surface area contributed by atoms with Crippen molar-refractivity contribution >= 4 is 17.5 Å². The van der Waals surface area contributed by atoms with E-state index in [0.29, 0.717) is 0 Å². The molecule has 26 heavy (non-hydrogen) atoms. The van der Waals surface area contributed by atoms with Crippen molar-refractivity contribution in [2.24, 2.45) is 10.7 Å². The van der Waals surface area contributed by atoms with Gasteiger partial charge in [0.05, 0.1) is 12.8 Å². The lowest BCUT2D eigenvalue weighted by molar-refractivity contribution is -0.0145. The van der Waals surface area contributed by atoms with Crippen molar-refractivity contribution in [1.82, 2.24) is 15.4 Å². The minimum absolute atomic E-state index is 0.0432. The standard InChI is InChI=1S/C11H12F3N3O.C3H3N3O2/c12-8-2-1-6(15)3-7(8)11(10(13)14)5-18-4-9(16)17-11;7-3(8)2-1-4-6-5-2/h1-3,10H,4-5,15H2,(H2,16,17);1H,(H,7,8)(H,4,5,6). The van der Waals surface area contributed by atoms with Gasteiger partial charge in [-0.3, -0.25) is 4.99 Å². The largest absolute Gasteiger partial charge is 0.476 e. The zero-order chi connectivity index (χ0) is 19.3. The number of nitrogens with two attached hydrogens (primary N) is 2. The Hall–Kier alpha value is -3.15. The van der Waals surface area contributed by atoms with Crippen LogP contribution in [0.2, 0.25) is 0 Å². The molecule has 1 aliphatic rings. The summed E-state index contributed by atoms with van der Waals surface area (Å²) in [5, 5.41) is 16.9. The van der Waals surface area contributed by atoms with Gasteiger partial charge in [-0.25, -0.2) is 18.0 Å². The van der Waals surface area contributed by atoms with Crippen molar-refractivity contribution < 1.29 is 27.8 Å². The summed E-state index contributed by atoms with van der Waals surface area (Å²) >= 11 is 0. The van der Waals surface area contributed by atoms with Crippen LogP contribution in [0.5, 0.6) is 0 Å². The van der Waals surface area contributed by atoms with E-state index in [0.717, 1.165) is 18.3 Å². The Kier molecular flexibility index (Phi) is 5.77. The molecule has 0 saturated carbocycles. The van der Waals surface area contributed by atoms with Crippen LogP contribution in [0.1, 0.15) is 16.1 Å². The van der Waals surface area contributed by atoms with E-state index in [4.69, 9.17) is 21.3 Å². The molecule has 9 nitrogen and oxygen atoms in total. The molecule has 0 bridgehead atoms. The number of carboxylic acids is 1. The number of carboxylic acid groups (broad SMARTS) is 1. The highest BCUT2D eigenvalue weighted by Crippen LogP contribution is 2.37. The predicted molar refractivity (Wildman–Crippen MR) is 84.3 cm³/mol. The maximum Gasteiger partial charge on any atom is 0.358 e. The fraction of sp³-hybridized carbons (Fsp3) is 0.286. The lowest BCUT2D eigenvalue weighted by Crippen LogP contribution is -2.45. The lowest BCUT2D eigenvalue weighted by Gasteiger charge is -2.33. The molecule has 0 spiro atoms. The SMILES string of the molecule is NC1=NC(c2cc(N)ccc2F)(C(F)F)COC1.O=C(O)c1cn[nH]n1. The molecule has 1 unspecified atom stereocenters. The third-order valence-corrected chi connectivity index (χ3v) is 3.37. The zero-order valence-electron chi connectivity index (χ0n) is 13.2. The second-order valence-corrected chi connectivity index (χ2v) is 5.22. The van der Waals surface area contributed by atoms with Gasteiger partial charge >= 0.3 is 5.97 Å². The van der Waals surface area contributed by atoms with Crippen molar-refractivity contribution in [3.05, 3.63) is 41.5 Å². The number of aliphatic imine (C=N–C) groups is 1. The van der Waals surface area contributed by atoms with Crippen LogP contribution in [0.15, 0.2) is 29.4 Å². The molecule has 0 radical (unpaired) electrons. The summed E-state index contributed by atoms with van der Waals surface area (Å²) in [4.78, 5) is 13.6. The summed E-state index contributed by atoms with van der Waals surface area (Å²) in [7, 11) is 0. The number of nitrogen functional groups attached to an aromatic ring is 1. The minimum Gasteiger partial charge on any atom is -0.476 e. The van der Waals surface area contributed by atoms with Crippen LogP contribution in [0, 0.1) is 5.82 Å². The summed E-state index contributed by atoms with van der Waals surface area (Å²) in [5.41, 5.74) is 8.59. The van der Waals surface area contributed by atoms with Crippen LogP contribution in [-0.4, -0.2) is 52.0 Å². The highest BCUT2D eigenvalue weighted by atomic mass is 19.3. The van der Waals surface area contributed by atoms with Gasteiger partial charge in [-0.05, 0) is 18.2 Å². The van der Waals surface area contributed by atoms with Gasteiger partial charge in [0.15, 0.2) is 11.2 Å². The number of nitrogens with zero attached hydrogens (tertiary/aromatic N) is 3. The number of carbonyl (C=O) groups is 1. The maximum absolute atomic E-state index is 13.7. The molecule has 2 heterocycles. The summed E-state index contributed by atoms with van der Waals surface area (Å²) in [6, 6.07) is 3.44. The number of aromatic nitrogens is 3. The molecule has 12 heteroatoms. The number of H-pyrrole nitrogens is 1. The Balaban J connectivity index is 0.000000254. The van der Waals surface area contributed by atoms with Crippen LogP contribution in [0.3, 0.4) is 0 Å². The first-order valence-electron chi connectivity index (χ1n) is 7.11. The van der Waals surface area contributed by atoms with Crippen molar-refractivity contribution in [1.29, 1.82) is 0 Å². The molecule has 1 aliphatic heterocycles. The van der Waals surface area contributed by atoms with E-state index >= 15 is 0 Å². The first-order chi connectivity index (χ1) is 12.3. The van der Waals surface area contributed by atoms with Gasteiger partial charge in [-0.1, -0.05) is 0 Å². The fourth-order valence-corrected chi connectivity index (χ4v) is 2.18. The molecule has 3 rings (SSSR count). The van der Waals surface area contributed by atoms with Crippen molar-refractivity contribution in [3.63, 3.8) is 0 Å². The number of rotatable bonds is 3. The molecule has 0 saturated heterocycles. The quantitative estimate of drug-likeness (QED) is 0.580. The van der Waals surface area contributed by atoms with E-state index in [-0.39, 0.29) is 29.4 Å². The van der Waals surface area contributed by atoms with E-state index < -0.39 is 30.4 Å². The predicted octanol–water partition coefficient (Wildman–Crippen LogP) is 0.759. The van der Waals surface area contributed by atoms with Crippen molar-refractivity contribution in [2.75, 3.05) is 18.9 Å². The number of anilines is 1. The number of hydrogen-bond donors (Lipinski definition) is 4. The molecular formula is C14H15F3N6O3. The fourth-order valence-electron chi connectivity index (χ4n) is 2.18. The third-order valence-electron chi connectivity index (χ3n) is 3.37. The lowest BCUT2D eigenvalue weighted by atomic mass is 9.90. The van der Waals surface area contributed by atoms with Gasteiger partial charge in [0.25, 0.3) is 6.43 Å². The number of benzene rings is 1. The van der Waals surface area contributed by atoms with Gasteiger partial charge in [0.2, 0.25) is 0 Å². The molecule has 0 aliphatic carbocycles. The minimum atomic E-state index is -2.95. The topological polar surface area (TPSA) is 152 Å². The first-order valence-corrected chi connectivity index (χ1v) is 7.11. The van der Waals surface area contributed by atoms with E-state index in [1.54, 1.807) is 0 Å². The highest BCUT2D eigenvalue weighted by molar-refractivity contribution is 5.84. The van der Waals surface area contributed by atoms with Crippen LogP contribution in [0.25, 0.3) is 0 Å². The average molecular weight is 372 g/mol. The molecule has 0 amide bonds. The van der Waals surface area contributed by atoms with Gasteiger partial charge in [-0.2, -0.15) is 10.3 Å². The summed E-state index contributed by atoms with van der Waals surface area (Å²) in [6.45, 7) is -0.482. The molecule has 6 N–H and O–H groups in total. The Bertz CT molecular complexity index is 799. The molecule has 1 aromatic carbocycles. The smallest absolute Gasteiger partial charge is 0.358 e. The number of hydrogen-bond acceptors (Lipinski definition) is 7. The number of amidine groups is 1. The molecular weight excluding hydrogens is 357 g/mol. The third kappa shape index (κ3) is 4.08. The van der Waals surface area contributed by atoms with Gasteiger partial charge in [-0.15, -0.1) is 5.10 Å². The number of halogens is 3. The van der Waals surface area contributed by atoms with Crippen molar-refractivity contribution in [3.8, 4) is 0 Å². The van der Waals surface area contributed by atoms with E-state index in [2.05, 4.69) is 20.4 Å². The van der Waals surface area contributed by atoms with Crippen molar-refractivity contribution in [2.45, 2.75) is 12.0 Å². The Morgan fingerprint density at radius 3 is 2.62 bits per heavy atom. The molecule has 1 atom stereocenters. The number of alkyl halides is 2. The first kappa shape index (κ1) is 19.2. The number of nitrogens with one attached hydrogen (secondary N) is 1. The summed E-state index contributed by atoms with van der Waals surface area (Å²) < 4.78 is 45.3. The van der Waals surface area contributed by atoms with Gasteiger partial charge < -0.3 is 21.3 Å². The number of aromatic amines is 1. The second-order valence-electron chi connectivity index (χ2n) is 5.22. The van der Waals surface area contributed by atoms with Crippen LogP contribution in [-0.2, 0) is 10.3 Å². The maximum atomic E-state index is 13.7. The van der Waals surface area contributed by atoms with Gasteiger partial charge in [0.1, 0.15) is 18.3 Å². The van der Waals surface area contributed by atoms with E-state index in [9.17, 15) is 18.0 Å². The normalized spacial score (nSPS) is 19.5. The van der Waals surface area contributed by atoms with Crippen LogP contribution < -0.4 is 11.5 Å². The number of aromatic carboxylic acids is 1. The molecule has 1 aromatic heterocycles. The zero-order valence-corrected chi connectivity index (χ0v) is 13.2.